The smallest absolute Gasteiger partial charge is 0.144 e. The maximum atomic E-state index is 5.69. The van der Waals surface area contributed by atoms with Gasteiger partial charge in [-0.3, -0.25) is 15.0 Å². The molecule has 0 radical (unpaired) electrons. The second-order valence-electron chi connectivity index (χ2n) is 13.5. The van der Waals surface area contributed by atoms with Crippen molar-refractivity contribution in [1.29, 1.82) is 0 Å². The number of nitrogens with one attached hydrogen (secondary N) is 1. The van der Waals surface area contributed by atoms with Gasteiger partial charge in [-0.2, -0.15) is 0 Å². The molecule has 6 nitrogen and oxygen atoms in total. The fraction of sp³-hybridized carbons (Fsp3) is 0.421. The van der Waals surface area contributed by atoms with Gasteiger partial charge in [0.25, 0.3) is 0 Å². The van der Waals surface area contributed by atoms with Crippen molar-refractivity contribution in [3.8, 4) is 21.7 Å². The number of anilines is 1. The van der Waals surface area contributed by atoms with Gasteiger partial charge >= 0.3 is 0 Å². The Balaban J connectivity index is 1.28. The highest BCUT2D eigenvalue weighted by Gasteiger charge is 2.34. The van der Waals surface area contributed by atoms with Crippen LogP contribution in [0.5, 0.6) is 0 Å². The van der Waals surface area contributed by atoms with Gasteiger partial charge in [-0.25, -0.2) is 4.98 Å². The molecule has 0 saturated carbocycles. The molecule has 1 saturated heterocycles. The molecular weight excluding hydrogens is 607 g/mol. The van der Waals surface area contributed by atoms with Crippen molar-refractivity contribution in [3.63, 3.8) is 0 Å². The molecule has 236 valence electrons. The lowest BCUT2D eigenvalue weighted by atomic mass is 9.88. The Bertz CT molecular complexity index is 1900. The van der Waals surface area contributed by atoms with E-state index in [1.54, 1.807) is 0 Å². The van der Waals surface area contributed by atoms with E-state index in [9.17, 15) is 0 Å². The Hall–Kier alpha value is -3.33. The molecule has 1 aliphatic carbocycles. The maximum absolute atomic E-state index is 5.69. The fourth-order valence-corrected chi connectivity index (χ4v) is 10.3. The third-order valence-electron chi connectivity index (χ3n) is 10.1. The van der Waals surface area contributed by atoms with Crippen molar-refractivity contribution in [2.24, 2.45) is 11.8 Å². The number of nitrogens with zero attached hydrogens (tertiary/aromatic N) is 4. The zero-order valence-corrected chi connectivity index (χ0v) is 28.5. The number of ether oxygens (including phenoxy) is 1. The number of pyridine rings is 4. The highest BCUT2D eigenvalue weighted by molar-refractivity contribution is 7.99. The third kappa shape index (κ3) is 5.62. The summed E-state index contributed by atoms with van der Waals surface area (Å²) in [6.45, 7) is 8.61. The van der Waals surface area contributed by atoms with Crippen LogP contribution in [-0.4, -0.2) is 38.9 Å². The Morgan fingerprint density at radius 3 is 2.70 bits per heavy atom. The van der Waals surface area contributed by atoms with E-state index in [2.05, 4.69) is 61.4 Å². The number of hydrogen-bond acceptors (Lipinski definition) is 8. The molecule has 2 unspecified atom stereocenters. The molecule has 2 aliphatic heterocycles. The molecule has 5 aromatic rings. The van der Waals surface area contributed by atoms with Crippen molar-refractivity contribution in [3.05, 3.63) is 83.2 Å². The van der Waals surface area contributed by atoms with Crippen LogP contribution in [0, 0.1) is 18.8 Å². The molecule has 2 atom stereocenters. The average Bonchev–Trinajstić information content (AvgIpc) is 3.81. The van der Waals surface area contributed by atoms with Gasteiger partial charge in [-0.1, -0.05) is 19.9 Å². The lowest BCUT2D eigenvalue weighted by Crippen LogP contribution is -2.17. The summed E-state index contributed by atoms with van der Waals surface area (Å²) in [5, 5.41) is 5.04. The number of fused-ring (bicyclic) bond motifs is 3. The van der Waals surface area contributed by atoms with Gasteiger partial charge in [0.2, 0.25) is 0 Å². The monoisotopic (exact) mass is 647 g/mol. The van der Waals surface area contributed by atoms with Crippen molar-refractivity contribution in [1.82, 2.24) is 19.9 Å². The predicted octanol–water partition coefficient (Wildman–Crippen LogP) is 9.43. The second-order valence-corrected chi connectivity index (χ2v) is 15.5. The van der Waals surface area contributed by atoms with E-state index in [4.69, 9.17) is 19.7 Å². The highest BCUT2D eigenvalue weighted by atomic mass is 32.2. The minimum atomic E-state index is 0.226. The van der Waals surface area contributed by atoms with E-state index in [-0.39, 0.29) is 6.04 Å². The molecule has 0 aromatic carbocycles. The molecule has 8 heteroatoms. The number of aromatic nitrogens is 4. The van der Waals surface area contributed by atoms with Gasteiger partial charge in [0, 0.05) is 70.1 Å². The molecule has 8 rings (SSSR count). The van der Waals surface area contributed by atoms with Crippen LogP contribution < -0.4 is 5.32 Å². The van der Waals surface area contributed by atoms with E-state index < -0.39 is 0 Å². The molecule has 0 amide bonds. The lowest BCUT2D eigenvalue weighted by molar-refractivity contribution is 0.0639. The highest BCUT2D eigenvalue weighted by Crippen LogP contribution is 2.53. The van der Waals surface area contributed by atoms with E-state index in [0.29, 0.717) is 17.8 Å². The number of hydrogen-bond donors (Lipinski definition) is 1. The normalized spacial score (nSPS) is 19.6. The summed E-state index contributed by atoms with van der Waals surface area (Å²) in [6.07, 6.45) is 12.2. The van der Waals surface area contributed by atoms with E-state index in [1.165, 1.54) is 59.2 Å². The SMILES string of the molecule is Cc1ccnc(-c2c(CCC3CCOCC3)nc3c(c2-c2cc4ccnc(NC5CCc6ncccc65)c4s2)SCC3C(C)C)c1. The molecule has 7 heterocycles. The molecule has 46 heavy (non-hydrogen) atoms. The van der Waals surface area contributed by atoms with Gasteiger partial charge in [0.15, 0.2) is 0 Å². The standard InChI is InChI=1S/C38H41N5OS2/c1-22(2)27-21-45-37-34(32-20-25-11-16-41-38(36(25)46-32)43-29-9-8-28-26(29)5-4-14-39-28)33(31-19-23(3)10-15-40-31)30(42-35(27)37)7-6-24-12-17-44-18-13-24/h4-5,10-11,14-16,19-20,22,24,27,29H,6-9,12-13,17-18,21H2,1-3H3,(H,41,43). The van der Waals surface area contributed by atoms with Gasteiger partial charge < -0.3 is 10.1 Å². The zero-order valence-electron chi connectivity index (χ0n) is 26.9. The number of thiophene rings is 1. The molecule has 0 spiro atoms. The minimum absolute atomic E-state index is 0.226. The fourth-order valence-electron chi connectivity index (χ4n) is 7.46. The average molecular weight is 648 g/mol. The van der Waals surface area contributed by atoms with E-state index in [1.807, 2.05) is 47.8 Å². The number of rotatable bonds is 8. The quantitative estimate of drug-likeness (QED) is 0.180. The van der Waals surface area contributed by atoms with Crippen LogP contribution in [0.1, 0.15) is 79.7 Å². The summed E-state index contributed by atoms with van der Waals surface area (Å²) in [5.74, 6) is 3.70. The van der Waals surface area contributed by atoms with E-state index >= 15 is 0 Å². The Kier molecular flexibility index (Phi) is 8.29. The first-order chi connectivity index (χ1) is 22.5. The topological polar surface area (TPSA) is 72.8 Å². The van der Waals surface area contributed by atoms with Gasteiger partial charge in [-0.15, -0.1) is 23.1 Å². The van der Waals surface area contributed by atoms with Crippen molar-refractivity contribution >= 4 is 39.0 Å². The van der Waals surface area contributed by atoms with Crippen LogP contribution in [0.2, 0.25) is 0 Å². The second kappa shape index (κ2) is 12.7. The molecule has 3 aliphatic rings. The summed E-state index contributed by atoms with van der Waals surface area (Å²) < 4.78 is 6.90. The molecule has 1 N–H and O–H groups in total. The first kappa shape index (κ1) is 30.0. The minimum Gasteiger partial charge on any atom is -0.381 e. The molecule has 0 bridgehead atoms. The van der Waals surface area contributed by atoms with Gasteiger partial charge in [0.05, 0.1) is 27.8 Å². The molecule has 1 fully saturated rings. The van der Waals surface area contributed by atoms with Crippen LogP contribution >= 0.6 is 23.1 Å². The summed E-state index contributed by atoms with van der Waals surface area (Å²) in [4.78, 5) is 22.7. The van der Waals surface area contributed by atoms with Crippen molar-refractivity contribution in [2.45, 2.75) is 76.2 Å². The zero-order chi connectivity index (χ0) is 31.2. The maximum Gasteiger partial charge on any atom is 0.144 e. The summed E-state index contributed by atoms with van der Waals surface area (Å²) >= 11 is 3.85. The Labute approximate surface area is 279 Å². The van der Waals surface area contributed by atoms with Crippen LogP contribution in [0.4, 0.5) is 5.82 Å². The Morgan fingerprint density at radius 2 is 1.85 bits per heavy atom. The van der Waals surface area contributed by atoms with E-state index in [0.717, 1.165) is 69.0 Å². The van der Waals surface area contributed by atoms with Gasteiger partial charge in [0.1, 0.15) is 5.82 Å². The van der Waals surface area contributed by atoms with Crippen molar-refractivity contribution < 1.29 is 4.74 Å². The first-order valence-corrected chi connectivity index (χ1v) is 18.6. The largest absolute Gasteiger partial charge is 0.381 e. The van der Waals surface area contributed by atoms with Crippen LogP contribution in [0.15, 0.2) is 59.9 Å². The predicted molar refractivity (Wildman–Crippen MR) is 190 cm³/mol. The molecule has 5 aromatic heterocycles. The number of aryl methyl sites for hydroxylation is 3. The van der Waals surface area contributed by atoms with Crippen LogP contribution in [0.25, 0.3) is 31.8 Å². The Morgan fingerprint density at radius 1 is 0.978 bits per heavy atom. The molecular formula is C38H41N5OS2. The van der Waals surface area contributed by atoms with Gasteiger partial charge in [-0.05, 0) is 104 Å². The van der Waals surface area contributed by atoms with Crippen LogP contribution in [0.3, 0.4) is 0 Å². The number of thioether (sulfide) groups is 1. The summed E-state index contributed by atoms with van der Waals surface area (Å²) in [5.41, 5.74) is 9.78. The van der Waals surface area contributed by atoms with Crippen molar-refractivity contribution in [2.75, 3.05) is 24.3 Å². The summed E-state index contributed by atoms with van der Waals surface area (Å²) in [7, 11) is 0. The third-order valence-corrected chi connectivity index (χ3v) is 12.5. The lowest BCUT2D eigenvalue weighted by Gasteiger charge is -2.24. The summed E-state index contributed by atoms with van der Waals surface area (Å²) in [6, 6.07) is 13.4. The van der Waals surface area contributed by atoms with Crippen LogP contribution in [-0.2, 0) is 17.6 Å². The first-order valence-electron chi connectivity index (χ1n) is 16.8.